The maximum Gasteiger partial charge on any atom is 0.147 e. The molecule has 1 atom stereocenters. The number of nitrogens with one attached hydrogen (secondary N) is 1. The number of ether oxygens (including phenoxy) is 1. The normalized spacial score (nSPS) is 12.7. The van der Waals surface area contributed by atoms with E-state index >= 15 is 0 Å². The molecular weight excluding hydrogens is 268 g/mol. The van der Waals surface area contributed by atoms with Crippen molar-refractivity contribution in [2.75, 3.05) is 6.61 Å². The zero-order chi connectivity index (χ0) is 14.8. The Morgan fingerprint density at radius 2 is 2.19 bits per heavy atom. The Morgan fingerprint density at radius 1 is 1.33 bits per heavy atom. The van der Waals surface area contributed by atoms with E-state index in [4.69, 9.17) is 4.74 Å². The van der Waals surface area contributed by atoms with Gasteiger partial charge in [-0.25, -0.2) is 9.67 Å². The van der Waals surface area contributed by atoms with Crippen molar-refractivity contribution >= 4 is 10.9 Å². The van der Waals surface area contributed by atoms with E-state index in [1.807, 2.05) is 44.3 Å². The Bertz CT molecular complexity index is 747. The summed E-state index contributed by atoms with van der Waals surface area (Å²) in [4.78, 5) is 7.34. The number of benzene rings is 1. The summed E-state index contributed by atoms with van der Waals surface area (Å²) >= 11 is 0. The SMILES string of the molecule is Cc1nc(C)n(CC(O)COc2cccc3[nH]ccc23)n1. The molecule has 2 aromatic heterocycles. The molecule has 0 saturated carbocycles. The van der Waals surface area contributed by atoms with Crippen molar-refractivity contribution in [2.45, 2.75) is 26.5 Å². The van der Waals surface area contributed by atoms with Crippen molar-refractivity contribution in [3.63, 3.8) is 0 Å². The molecule has 21 heavy (non-hydrogen) atoms. The first kappa shape index (κ1) is 13.6. The zero-order valence-electron chi connectivity index (χ0n) is 12.1. The average molecular weight is 286 g/mol. The van der Waals surface area contributed by atoms with Crippen molar-refractivity contribution in [1.29, 1.82) is 0 Å². The minimum Gasteiger partial charge on any atom is -0.490 e. The Balaban J connectivity index is 1.64. The molecule has 3 aromatic rings. The van der Waals surface area contributed by atoms with Crippen LogP contribution < -0.4 is 4.74 Å². The van der Waals surface area contributed by atoms with E-state index in [0.717, 1.165) is 22.5 Å². The number of aliphatic hydroxyl groups is 1. The van der Waals surface area contributed by atoms with Gasteiger partial charge in [-0.1, -0.05) is 6.07 Å². The maximum atomic E-state index is 10.1. The van der Waals surface area contributed by atoms with Crippen molar-refractivity contribution < 1.29 is 9.84 Å². The lowest BCUT2D eigenvalue weighted by molar-refractivity contribution is 0.0893. The van der Waals surface area contributed by atoms with E-state index in [9.17, 15) is 5.11 Å². The first-order chi connectivity index (χ1) is 10.1. The fraction of sp³-hybridized carbons (Fsp3) is 0.333. The second-order valence-corrected chi connectivity index (χ2v) is 5.05. The highest BCUT2D eigenvalue weighted by molar-refractivity contribution is 5.85. The van der Waals surface area contributed by atoms with Crippen LogP contribution in [0.2, 0.25) is 0 Å². The number of aliphatic hydroxyl groups excluding tert-OH is 1. The molecule has 1 aromatic carbocycles. The van der Waals surface area contributed by atoms with E-state index in [0.29, 0.717) is 12.4 Å². The van der Waals surface area contributed by atoms with Gasteiger partial charge in [-0.05, 0) is 32.0 Å². The lowest BCUT2D eigenvalue weighted by Crippen LogP contribution is -2.24. The average Bonchev–Trinajstić information content (AvgIpc) is 3.03. The first-order valence-electron chi connectivity index (χ1n) is 6.88. The molecular formula is C15H18N4O2. The summed E-state index contributed by atoms with van der Waals surface area (Å²) in [6.07, 6.45) is 1.23. The molecule has 0 amide bonds. The summed E-state index contributed by atoms with van der Waals surface area (Å²) in [6, 6.07) is 7.77. The van der Waals surface area contributed by atoms with Crippen molar-refractivity contribution in [3.05, 3.63) is 42.1 Å². The Morgan fingerprint density at radius 3 is 2.95 bits per heavy atom. The molecule has 6 nitrogen and oxygen atoms in total. The number of aryl methyl sites for hydroxylation is 2. The summed E-state index contributed by atoms with van der Waals surface area (Å²) in [5.41, 5.74) is 1.02. The number of nitrogens with zero attached hydrogens (tertiary/aromatic N) is 3. The molecule has 110 valence electrons. The van der Waals surface area contributed by atoms with Gasteiger partial charge in [-0.3, -0.25) is 0 Å². The summed E-state index contributed by atoms with van der Waals surface area (Å²) in [5, 5.41) is 15.3. The van der Waals surface area contributed by atoms with Gasteiger partial charge in [0.25, 0.3) is 0 Å². The van der Waals surface area contributed by atoms with Gasteiger partial charge in [-0.2, -0.15) is 5.10 Å². The van der Waals surface area contributed by atoms with Gasteiger partial charge in [0.1, 0.15) is 30.1 Å². The van der Waals surface area contributed by atoms with Crippen LogP contribution >= 0.6 is 0 Å². The van der Waals surface area contributed by atoms with Gasteiger partial charge in [0.2, 0.25) is 0 Å². The minimum atomic E-state index is -0.640. The zero-order valence-corrected chi connectivity index (χ0v) is 12.1. The fourth-order valence-corrected chi connectivity index (χ4v) is 2.35. The number of hydrogen-bond acceptors (Lipinski definition) is 4. The number of rotatable bonds is 5. The van der Waals surface area contributed by atoms with Crippen LogP contribution in [0.15, 0.2) is 30.5 Å². The van der Waals surface area contributed by atoms with Gasteiger partial charge < -0.3 is 14.8 Å². The predicted octanol–water partition coefficient (Wildman–Crippen LogP) is 1.82. The molecule has 0 fully saturated rings. The quantitative estimate of drug-likeness (QED) is 0.750. The van der Waals surface area contributed by atoms with Crippen LogP contribution in [-0.4, -0.2) is 37.6 Å². The van der Waals surface area contributed by atoms with E-state index in [2.05, 4.69) is 15.1 Å². The van der Waals surface area contributed by atoms with Crippen molar-refractivity contribution in [3.8, 4) is 5.75 Å². The Kier molecular flexibility index (Phi) is 3.62. The molecule has 0 spiro atoms. The molecule has 6 heteroatoms. The second kappa shape index (κ2) is 5.57. The summed E-state index contributed by atoms with van der Waals surface area (Å²) < 4.78 is 7.42. The smallest absolute Gasteiger partial charge is 0.147 e. The summed E-state index contributed by atoms with van der Waals surface area (Å²) in [7, 11) is 0. The molecule has 0 aliphatic rings. The highest BCUT2D eigenvalue weighted by Gasteiger charge is 2.11. The van der Waals surface area contributed by atoms with Gasteiger partial charge in [0.05, 0.1) is 6.54 Å². The van der Waals surface area contributed by atoms with Crippen LogP contribution in [0.4, 0.5) is 0 Å². The molecule has 0 aliphatic heterocycles. The molecule has 2 heterocycles. The fourth-order valence-electron chi connectivity index (χ4n) is 2.35. The van der Waals surface area contributed by atoms with Gasteiger partial charge in [0.15, 0.2) is 0 Å². The number of aromatic nitrogens is 4. The molecule has 0 bridgehead atoms. The van der Waals surface area contributed by atoms with E-state index in [1.165, 1.54) is 0 Å². The van der Waals surface area contributed by atoms with Crippen LogP contribution in [0.5, 0.6) is 5.75 Å². The highest BCUT2D eigenvalue weighted by atomic mass is 16.5. The van der Waals surface area contributed by atoms with Crippen LogP contribution in [0, 0.1) is 13.8 Å². The largest absolute Gasteiger partial charge is 0.490 e. The number of fused-ring (bicyclic) bond motifs is 1. The van der Waals surface area contributed by atoms with Crippen LogP contribution in [0.1, 0.15) is 11.6 Å². The Labute approximate surface area is 122 Å². The second-order valence-electron chi connectivity index (χ2n) is 5.05. The lowest BCUT2D eigenvalue weighted by Gasteiger charge is -2.13. The van der Waals surface area contributed by atoms with Crippen molar-refractivity contribution in [1.82, 2.24) is 19.7 Å². The van der Waals surface area contributed by atoms with E-state index < -0.39 is 6.10 Å². The van der Waals surface area contributed by atoms with E-state index in [1.54, 1.807) is 4.68 Å². The van der Waals surface area contributed by atoms with Gasteiger partial charge in [0, 0.05) is 17.1 Å². The number of hydrogen-bond donors (Lipinski definition) is 2. The third-order valence-corrected chi connectivity index (χ3v) is 3.33. The molecule has 2 N–H and O–H groups in total. The van der Waals surface area contributed by atoms with Crippen LogP contribution in [0.25, 0.3) is 10.9 Å². The highest BCUT2D eigenvalue weighted by Crippen LogP contribution is 2.24. The predicted molar refractivity (Wildman–Crippen MR) is 79.3 cm³/mol. The standard InChI is InChI=1S/C15H18N4O2/c1-10-17-11(2)19(18-10)8-12(20)9-21-15-5-3-4-14-13(15)6-7-16-14/h3-7,12,16,20H,8-9H2,1-2H3. The van der Waals surface area contributed by atoms with Gasteiger partial charge in [-0.15, -0.1) is 0 Å². The first-order valence-corrected chi connectivity index (χ1v) is 6.88. The van der Waals surface area contributed by atoms with Crippen molar-refractivity contribution in [2.24, 2.45) is 0 Å². The summed E-state index contributed by atoms with van der Waals surface area (Å²) in [6.45, 7) is 4.28. The van der Waals surface area contributed by atoms with Crippen LogP contribution in [0.3, 0.4) is 0 Å². The third kappa shape index (κ3) is 2.90. The molecule has 0 aliphatic carbocycles. The number of H-pyrrole nitrogens is 1. The van der Waals surface area contributed by atoms with Gasteiger partial charge >= 0.3 is 0 Å². The van der Waals surface area contributed by atoms with Crippen LogP contribution in [-0.2, 0) is 6.54 Å². The number of aromatic amines is 1. The molecule has 0 saturated heterocycles. The molecule has 0 radical (unpaired) electrons. The maximum absolute atomic E-state index is 10.1. The molecule has 3 rings (SSSR count). The minimum absolute atomic E-state index is 0.211. The Hall–Kier alpha value is -2.34. The summed E-state index contributed by atoms with van der Waals surface area (Å²) in [5.74, 6) is 2.26. The third-order valence-electron chi connectivity index (χ3n) is 3.33. The lowest BCUT2D eigenvalue weighted by atomic mass is 10.2. The van der Waals surface area contributed by atoms with E-state index in [-0.39, 0.29) is 6.61 Å². The topological polar surface area (TPSA) is 76.0 Å². The molecule has 1 unspecified atom stereocenters. The monoisotopic (exact) mass is 286 g/mol.